The van der Waals surface area contributed by atoms with Gasteiger partial charge in [-0.05, 0) is 48.5 Å². The van der Waals surface area contributed by atoms with E-state index >= 15 is 0 Å². The Hall–Kier alpha value is -3.21. The van der Waals surface area contributed by atoms with Crippen molar-refractivity contribution in [3.63, 3.8) is 0 Å². The number of rotatable bonds is 5. The molecule has 1 atom stereocenters. The molecular weight excluding hydrogens is 417 g/mol. The molecule has 0 N–H and O–H groups in total. The third-order valence-electron chi connectivity index (χ3n) is 4.24. The molecule has 11 heteroatoms. The third-order valence-corrected chi connectivity index (χ3v) is 5.26. The lowest BCUT2D eigenvalue weighted by Gasteiger charge is -2.07. The van der Waals surface area contributed by atoms with Gasteiger partial charge in [0.2, 0.25) is 16.9 Å². The van der Waals surface area contributed by atoms with E-state index < -0.39 is 11.7 Å². The quantitative estimate of drug-likeness (QED) is 0.415. The number of halogens is 3. The monoisotopic (exact) mass is 432 g/mol. The fourth-order valence-electron chi connectivity index (χ4n) is 2.66. The minimum atomic E-state index is -4.45. The van der Waals surface area contributed by atoms with Gasteiger partial charge in [0.25, 0.3) is 0 Å². The van der Waals surface area contributed by atoms with Crippen LogP contribution in [0.5, 0.6) is 0 Å². The SMILES string of the molecule is Cc1ccc(-n2nnnc2S[C@H](C)c2nc(-c3cccc(C(F)(F)F)c3)no2)cc1. The maximum absolute atomic E-state index is 12.9. The molecule has 2 aromatic heterocycles. The van der Waals surface area contributed by atoms with Gasteiger partial charge in [-0.25, -0.2) is 0 Å². The Morgan fingerprint density at radius 2 is 1.87 bits per heavy atom. The van der Waals surface area contributed by atoms with Crippen LogP contribution in [-0.4, -0.2) is 30.3 Å². The second-order valence-corrected chi connectivity index (χ2v) is 7.81. The van der Waals surface area contributed by atoms with Gasteiger partial charge in [-0.3, -0.25) is 0 Å². The normalized spacial score (nSPS) is 12.8. The van der Waals surface area contributed by atoms with E-state index in [1.54, 1.807) is 4.68 Å². The van der Waals surface area contributed by atoms with Crippen LogP contribution in [0, 0.1) is 6.92 Å². The van der Waals surface area contributed by atoms with Gasteiger partial charge in [0.15, 0.2) is 0 Å². The molecule has 4 aromatic rings. The van der Waals surface area contributed by atoms with Crippen molar-refractivity contribution >= 4 is 11.8 Å². The van der Waals surface area contributed by atoms with Gasteiger partial charge < -0.3 is 4.52 Å². The first-order chi connectivity index (χ1) is 14.3. The smallest absolute Gasteiger partial charge is 0.338 e. The number of hydrogen-bond donors (Lipinski definition) is 0. The van der Waals surface area contributed by atoms with Gasteiger partial charge in [-0.2, -0.15) is 22.8 Å². The lowest BCUT2D eigenvalue weighted by Crippen LogP contribution is -2.04. The van der Waals surface area contributed by atoms with E-state index in [4.69, 9.17) is 4.52 Å². The molecule has 0 spiro atoms. The number of nitrogens with zero attached hydrogens (tertiary/aromatic N) is 6. The van der Waals surface area contributed by atoms with Crippen LogP contribution in [-0.2, 0) is 6.18 Å². The third kappa shape index (κ3) is 4.20. The van der Waals surface area contributed by atoms with Gasteiger partial charge >= 0.3 is 6.18 Å². The molecule has 30 heavy (non-hydrogen) atoms. The first-order valence-electron chi connectivity index (χ1n) is 8.84. The fraction of sp³-hybridized carbons (Fsp3) is 0.211. The van der Waals surface area contributed by atoms with Crippen LogP contribution in [0.3, 0.4) is 0 Å². The first kappa shape index (κ1) is 20.1. The predicted molar refractivity (Wildman–Crippen MR) is 103 cm³/mol. The zero-order valence-corrected chi connectivity index (χ0v) is 16.6. The van der Waals surface area contributed by atoms with Crippen molar-refractivity contribution in [3.8, 4) is 17.1 Å². The summed E-state index contributed by atoms with van der Waals surface area (Å²) in [5, 5.41) is 15.8. The first-order valence-corrected chi connectivity index (χ1v) is 9.72. The summed E-state index contributed by atoms with van der Waals surface area (Å²) in [4.78, 5) is 4.25. The summed E-state index contributed by atoms with van der Waals surface area (Å²) >= 11 is 1.30. The number of hydrogen-bond acceptors (Lipinski definition) is 7. The Morgan fingerprint density at radius 1 is 1.10 bits per heavy atom. The molecule has 0 saturated carbocycles. The topological polar surface area (TPSA) is 82.5 Å². The molecular formula is C19H15F3N6OS. The minimum absolute atomic E-state index is 0.0849. The lowest BCUT2D eigenvalue weighted by molar-refractivity contribution is -0.137. The van der Waals surface area contributed by atoms with Gasteiger partial charge in [0, 0.05) is 5.56 Å². The number of alkyl halides is 3. The molecule has 4 rings (SSSR count). The summed E-state index contributed by atoms with van der Waals surface area (Å²) < 4.78 is 45.7. The molecule has 2 aromatic carbocycles. The molecule has 0 bridgehead atoms. The summed E-state index contributed by atoms with van der Waals surface area (Å²) in [5.41, 5.74) is 1.37. The second kappa shape index (κ2) is 7.90. The molecule has 2 heterocycles. The van der Waals surface area contributed by atoms with E-state index in [0.717, 1.165) is 23.4 Å². The second-order valence-electron chi connectivity index (χ2n) is 6.50. The molecule has 154 valence electrons. The number of tetrazole rings is 1. The van der Waals surface area contributed by atoms with Crippen LogP contribution >= 0.6 is 11.8 Å². The van der Waals surface area contributed by atoms with Crippen molar-refractivity contribution in [2.45, 2.75) is 30.4 Å². The standard InChI is InChI=1S/C19H15F3N6OS/c1-11-6-8-15(9-7-11)28-18(24-26-27-28)30-12(2)17-23-16(25-29-17)13-4-3-5-14(10-13)19(20,21)22/h3-10,12H,1-2H3/t12-/m1/s1. The van der Waals surface area contributed by atoms with E-state index in [9.17, 15) is 13.2 Å². The van der Waals surface area contributed by atoms with Gasteiger partial charge in [0.05, 0.1) is 16.5 Å². The van der Waals surface area contributed by atoms with Crippen molar-refractivity contribution in [3.05, 3.63) is 65.5 Å². The molecule has 0 fully saturated rings. The number of benzene rings is 2. The van der Waals surface area contributed by atoms with Crippen molar-refractivity contribution in [1.29, 1.82) is 0 Å². The Morgan fingerprint density at radius 3 is 2.60 bits per heavy atom. The minimum Gasteiger partial charge on any atom is -0.338 e. The number of thioether (sulfide) groups is 1. The molecule has 7 nitrogen and oxygen atoms in total. The van der Waals surface area contributed by atoms with Crippen molar-refractivity contribution in [2.24, 2.45) is 0 Å². The molecule has 0 amide bonds. The molecule has 0 saturated heterocycles. The maximum atomic E-state index is 12.9. The summed E-state index contributed by atoms with van der Waals surface area (Å²) in [6.45, 7) is 3.81. The largest absolute Gasteiger partial charge is 0.416 e. The summed E-state index contributed by atoms with van der Waals surface area (Å²) in [6, 6.07) is 12.5. The molecule has 0 unspecified atom stereocenters. The van der Waals surface area contributed by atoms with E-state index in [0.29, 0.717) is 5.16 Å². The predicted octanol–water partition coefficient (Wildman–Crippen LogP) is 4.89. The van der Waals surface area contributed by atoms with Crippen LogP contribution in [0.1, 0.15) is 29.2 Å². The van der Waals surface area contributed by atoms with E-state index in [2.05, 4.69) is 25.7 Å². The van der Waals surface area contributed by atoms with Crippen LogP contribution in [0.25, 0.3) is 17.1 Å². The van der Waals surface area contributed by atoms with Crippen molar-refractivity contribution < 1.29 is 17.7 Å². The number of aryl methyl sites for hydroxylation is 1. The van der Waals surface area contributed by atoms with Gasteiger partial charge in [0.1, 0.15) is 0 Å². The summed E-state index contributed by atoms with van der Waals surface area (Å²) in [7, 11) is 0. The van der Waals surface area contributed by atoms with Crippen LogP contribution in [0.2, 0.25) is 0 Å². The van der Waals surface area contributed by atoms with Gasteiger partial charge in [-0.15, -0.1) is 5.10 Å². The lowest BCUT2D eigenvalue weighted by atomic mass is 10.1. The Balaban J connectivity index is 1.54. The number of aromatic nitrogens is 6. The van der Waals surface area contributed by atoms with Crippen molar-refractivity contribution in [2.75, 3.05) is 0 Å². The van der Waals surface area contributed by atoms with E-state index in [1.165, 1.54) is 23.9 Å². The average molecular weight is 432 g/mol. The van der Waals surface area contributed by atoms with E-state index in [-0.39, 0.29) is 22.5 Å². The Labute approximate surface area is 173 Å². The highest BCUT2D eigenvalue weighted by molar-refractivity contribution is 7.99. The summed E-state index contributed by atoms with van der Waals surface area (Å²) in [5.74, 6) is 0.340. The maximum Gasteiger partial charge on any atom is 0.416 e. The zero-order valence-electron chi connectivity index (χ0n) is 15.8. The van der Waals surface area contributed by atoms with E-state index in [1.807, 2.05) is 38.1 Å². The highest BCUT2D eigenvalue weighted by Crippen LogP contribution is 2.35. The summed E-state index contributed by atoms with van der Waals surface area (Å²) in [6.07, 6.45) is -4.45. The highest BCUT2D eigenvalue weighted by atomic mass is 32.2. The average Bonchev–Trinajstić information content (AvgIpc) is 3.38. The van der Waals surface area contributed by atoms with Crippen LogP contribution < -0.4 is 0 Å². The fourth-order valence-corrected chi connectivity index (χ4v) is 3.50. The molecule has 0 aliphatic heterocycles. The Kier molecular flexibility index (Phi) is 5.29. The zero-order chi connectivity index (χ0) is 21.3. The van der Waals surface area contributed by atoms with Crippen LogP contribution in [0.4, 0.5) is 13.2 Å². The molecule has 0 radical (unpaired) electrons. The Bertz CT molecular complexity index is 1160. The van der Waals surface area contributed by atoms with Crippen LogP contribution in [0.15, 0.2) is 58.2 Å². The van der Waals surface area contributed by atoms with Crippen molar-refractivity contribution in [1.82, 2.24) is 30.3 Å². The highest BCUT2D eigenvalue weighted by Gasteiger charge is 2.31. The molecule has 0 aliphatic carbocycles. The molecule has 0 aliphatic rings. The van der Waals surface area contributed by atoms with Gasteiger partial charge in [-0.1, -0.05) is 46.7 Å².